The van der Waals surface area contributed by atoms with Crippen LogP contribution in [0.1, 0.15) is 31.1 Å². The van der Waals surface area contributed by atoms with Crippen molar-refractivity contribution >= 4 is 11.0 Å². The molecule has 0 aliphatic carbocycles. The lowest BCUT2D eigenvalue weighted by Crippen LogP contribution is -2.09. The zero-order chi connectivity index (χ0) is 11.0. The molecule has 1 N–H and O–H groups in total. The molecule has 0 saturated heterocycles. The quantitative estimate of drug-likeness (QED) is 0.814. The summed E-state index contributed by atoms with van der Waals surface area (Å²) in [6.07, 6.45) is -0.383. The first-order valence-electron chi connectivity index (χ1n) is 5.26. The summed E-state index contributed by atoms with van der Waals surface area (Å²) in [5.74, 6) is 0.895. The summed E-state index contributed by atoms with van der Waals surface area (Å²) in [6, 6.07) is 8.09. The molecular weight excluding hydrogens is 188 g/mol. The van der Waals surface area contributed by atoms with Gasteiger partial charge in [0.05, 0.1) is 6.10 Å². The highest BCUT2D eigenvalue weighted by Crippen LogP contribution is 2.28. The molecule has 0 spiro atoms. The van der Waals surface area contributed by atoms with Crippen LogP contribution in [0.5, 0.6) is 0 Å². The zero-order valence-corrected chi connectivity index (χ0v) is 9.32. The SMILES string of the molecule is Cc1cccc2cc(C(C)C(C)O)oc12. The Balaban J connectivity index is 2.52. The zero-order valence-electron chi connectivity index (χ0n) is 9.32. The number of para-hydroxylation sites is 1. The molecule has 0 radical (unpaired) electrons. The third kappa shape index (κ3) is 1.77. The van der Waals surface area contributed by atoms with Gasteiger partial charge in [-0.3, -0.25) is 0 Å². The van der Waals surface area contributed by atoms with Crippen LogP contribution in [0.3, 0.4) is 0 Å². The van der Waals surface area contributed by atoms with E-state index in [4.69, 9.17) is 4.42 Å². The van der Waals surface area contributed by atoms with E-state index < -0.39 is 0 Å². The molecule has 1 aromatic carbocycles. The molecule has 2 aromatic rings. The highest BCUT2D eigenvalue weighted by Gasteiger charge is 2.16. The molecule has 0 saturated carbocycles. The van der Waals surface area contributed by atoms with E-state index in [0.717, 1.165) is 22.3 Å². The van der Waals surface area contributed by atoms with Crippen molar-refractivity contribution in [2.24, 2.45) is 0 Å². The molecule has 0 bridgehead atoms. The van der Waals surface area contributed by atoms with E-state index in [-0.39, 0.29) is 12.0 Å². The number of aliphatic hydroxyl groups excluding tert-OH is 1. The third-order valence-electron chi connectivity index (χ3n) is 2.93. The highest BCUT2D eigenvalue weighted by atomic mass is 16.3. The van der Waals surface area contributed by atoms with Crippen LogP contribution >= 0.6 is 0 Å². The fourth-order valence-electron chi connectivity index (χ4n) is 1.69. The van der Waals surface area contributed by atoms with Crippen LogP contribution in [-0.2, 0) is 0 Å². The van der Waals surface area contributed by atoms with E-state index in [2.05, 4.69) is 0 Å². The van der Waals surface area contributed by atoms with Gasteiger partial charge < -0.3 is 9.52 Å². The number of benzene rings is 1. The summed E-state index contributed by atoms with van der Waals surface area (Å²) in [5.41, 5.74) is 2.07. The Labute approximate surface area is 89.5 Å². The lowest BCUT2D eigenvalue weighted by atomic mass is 10.0. The van der Waals surface area contributed by atoms with Gasteiger partial charge in [0.15, 0.2) is 0 Å². The van der Waals surface area contributed by atoms with Gasteiger partial charge in [-0.25, -0.2) is 0 Å². The molecule has 15 heavy (non-hydrogen) atoms. The number of hydrogen-bond acceptors (Lipinski definition) is 2. The smallest absolute Gasteiger partial charge is 0.137 e. The third-order valence-corrected chi connectivity index (χ3v) is 2.93. The van der Waals surface area contributed by atoms with Crippen molar-refractivity contribution < 1.29 is 9.52 Å². The van der Waals surface area contributed by atoms with Crippen LogP contribution in [0.25, 0.3) is 11.0 Å². The number of fused-ring (bicyclic) bond motifs is 1. The van der Waals surface area contributed by atoms with Gasteiger partial charge in [0, 0.05) is 11.3 Å². The van der Waals surface area contributed by atoms with Crippen LogP contribution in [0.2, 0.25) is 0 Å². The van der Waals surface area contributed by atoms with Gasteiger partial charge in [0.1, 0.15) is 11.3 Å². The topological polar surface area (TPSA) is 33.4 Å². The Hall–Kier alpha value is -1.28. The minimum absolute atomic E-state index is 0.0387. The molecule has 80 valence electrons. The van der Waals surface area contributed by atoms with E-state index in [1.165, 1.54) is 0 Å². The van der Waals surface area contributed by atoms with Crippen molar-refractivity contribution in [1.29, 1.82) is 0 Å². The van der Waals surface area contributed by atoms with Gasteiger partial charge in [-0.2, -0.15) is 0 Å². The largest absolute Gasteiger partial charge is 0.460 e. The Morgan fingerprint density at radius 3 is 2.60 bits per heavy atom. The first kappa shape index (κ1) is 10.2. The average Bonchev–Trinajstić information content (AvgIpc) is 2.61. The molecule has 2 rings (SSSR count). The number of aliphatic hydroxyl groups is 1. The van der Waals surface area contributed by atoms with E-state index in [9.17, 15) is 5.11 Å². The van der Waals surface area contributed by atoms with Gasteiger partial charge >= 0.3 is 0 Å². The van der Waals surface area contributed by atoms with Crippen molar-refractivity contribution in [2.45, 2.75) is 32.8 Å². The van der Waals surface area contributed by atoms with Gasteiger partial charge in [-0.1, -0.05) is 25.1 Å². The first-order valence-corrected chi connectivity index (χ1v) is 5.26. The van der Waals surface area contributed by atoms with Gasteiger partial charge in [0.2, 0.25) is 0 Å². The van der Waals surface area contributed by atoms with Crippen molar-refractivity contribution in [1.82, 2.24) is 0 Å². The summed E-state index contributed by atoms with van der Waals surface area (Å²) < 4.78 is 5.76. The average molecular weight is 204 g/mol. The van der Waals surface area contributed by atoms with Crippen LogP contribution in [-0.4, -0.2) is 11.2 Å². The van der Waals surface area contributed by atoms with E-state index >= 15 is 0 Å². The molecule has 0 aliphatic heterocycles. The van der Waals surface area contributed by atoms with Crippen LogP contribution in [0, 0.1) is 6.92 Å². The van der Waals surface area contributed by atoms with Crippen LogP contribution in [0.4, 0.5) is 0 Å². The molecule has 2 heteroatoms. The Morgan fingerprint density at radius 1 is 1.27 bits per heavy atom. The Kier molecular flexibility index (Phi) is 2.53. The summed E-state index contributed by atoms with van der Waals surface area (Å²) >= 11 is 0. The lowest BCUT2D eigenvalue weighted by Gasteiger charge is -2.10. The summed E-state index contributed by atoms with van der Waals surface area (Å²) in [7, 11) is 0. The van der Waals surface area contributed by atoms with Crippen molar-refractivity contribution in [2.75, 3.05) is 0 Å². The van der Waals surface area contributed by atoms with Crippen molar-refractivity contribution in [3.63, 3.8) is 0 Å². The van der Waals surface area contributed by atoms with Crippen LogP contribution < -0.4 is 0 Å². The number of aryl methyl sites for hydroxylation is 1. The second-order valence-electron chi connectivity index (χ2n) is 4.17. The molecule has 0 aliphatic rings. The first-order chi connectivity index (χ1) is 7.09. The van der Waals surface area contributed by atoms with Gasteiger partial charge in [-0.05, 0) is 25.5 Å². The van der Waals surface area contributed by atoms with E-state index in [0.29, 0.717) is 0 Å². The highest BCUT2D eigenvalue weighted by molar-refractivity contribution is 5.81. The molecule has 1 aromatic heterocycles. The Bertz CT molecular complexity index is 468. The molecule has 2 atom stereocenters. The second-order valence-corrected chi connectivity index (χ2v) is 4.17. The van der Waals surface area contributed by atoms with E-state index in [1.54, 1.807) is 6.92 Å². The fraction of sp³-hybridized carbons (Fsp3) is 0.385. The lowest BCUT2D eigenvalue weighted by molar-refractivity contribution is 0.159. The standard InChI is InChI=1S/C13H16O2/c1-8-5-4-6-11-7-12(15-13(8)11)9(2)10(3)14/h4-7,9-10,14H,1-3H3. The predicted molar refractivity (Wildman–Crippen MR) is 61.0 cm³/mol. The molecule has 0 fully saturated rings. The minimum atomic E-state index is -0.383. The Morgan fingerprint density at radius 2 is 2.00 bits per heavy atom. The number of furan rings is 1. The molecule has 1 heterocycles. The molecule has 0 amide bonds. The summed E-state index contributed by atoms with van der Waals surface area (Å²) in [6.45, 7) is 5.78. The number of rotatable bonds is 2. The number of hydrogen-bond donors (Lipinski definition) is 1. The minimum Gasteiger partial charge on any atom is -0.460 e. The summed E-state index contributed by atoms with van der Waals surface area (Å²) in [4.78, 5) is 0. The molecule has 2 nitrogen and oxygen atoms in total. The normalized spacial score (nSPS) is 15.5. The second kappa shape index (κ2) is 3.70. The van der Waals surface area contributed by atoms with E-state index in [1.807, 2.05) is 38.1 Å². The molecular formula is C13H16O2. The van der Waals surface area contributed by atoms with Crippen molar-refractivity contribution in [3.8, 4) is 0 Å². The maximum Gasteiger partial charge on any atom is 0.137 e. The van der Waals surface area contributed by atoms with Crippen molar-refractivity contribution in [3.05, 3.63) is 35.6 Å². The van der Waals surface area contributed by atoms with Gasteiger partial charge in [0.25, 0.3) is 0 Å². The molecule has 2 unspecified atom stereocenters. The monoisotopic (exact) mass is 204 g/mol. The van der Waals surface area contributed by atoms with Gasteiger partial charge in [-0.15, -0.1) is 0 Å². The fourth-order valence-corrected chi connectivity index (χ4v) is 1.69. The maximum absolute atomic E-state index is 9.51. The maximum atomic E-state index is 9.51. The predicted octanol–water partition coefficient (Wildman–Crippen LogP) is 3.23. The summed E-state index contributed by atoms with van der Waals surface area (Å²) in [5, 5.41) is 10.6. The van der Waals surface area contributed by atoms with Crippen LogP contribution in [0.15, 0.2) is 28.7 Å².